The van der Waals surface area contributed by atoms with Gasteiger partial charge >= 0.3 is 5.69 Å². The van der Waals surface area contributed by atoms with E-state index >= 15 is 0 Å². The third-order valence-corrected chi connectivity index (χ3v) is 4.19. The Morgan fingerprint density at radius 2 is 1.96 bits per heavy atom. The number of Topliss-reactive ketones (excluding diaryl/α,β-unsaturated/α-hetero) is 1. The maximum absolute atomic E-state index is 12.4. The van der Waals surface area contributed by atoms with Crippen LogP contribution in [0.4, 0.5) is 5.69 Å². The van der Waals surface area contributed by atoms with Gasteiger partial charge in [0.15, 0.2) is 5.78 Å². The smallest absolute Gasteiger partial charge is 0.294 e. The lowest BCUT2D eigenvalue weighted by Gasteiger charge is -2.30. The molecule has 0 N–H and O–H groups in total. The molecule has 7 heteroatoms. The third-order valence-electron chi connectivity index (χ3n) is 4.19. The number of carbonyl (C=O) groups excluding carboxylic acids is 1. The average Bonchev–Trinajstić information content (AvgIpc) is 3.04. The molecule has 7 nitrogen and oxygen atoms in total. The minimum absolute atomic E-state index is 0.000795. The molecule has 0 atom stereocenters. The van der Waals surface area contributed by atoms with Crippen molar-refractivity contribution in [3.05, 3.63) is 58.4 Å². The molecule has 120 valence electrons. The van der Waals surface area contributed by atoms with E-state index in [0.29, 0.717) is 6.67 Å². The van der Waals surface area contributed by atoms with Crippen LogP contribution >= 0.6 is 0 Å². The normalized spacial score (nSPS) is 16.3. The molecule has 0 aliphatic carbocycles. The molecule has 0 bridgehead atoms. The zero-order valence-electron chi connectivity index (χ0n) is 12.7. The van der Waals surface area contributed by atoms with Gasteiger partial charge in [0.2, 0.25) is 0 Å². The second-order valence-corrected chi connectivity index (χ2v) is 5.76. The van der Waals surface area contributed by atoms with Gasteiger partial charge in [0, 0.05) is 24.6 Å². The summed E-state index contributed by atoms with van der Waals surface area (Å²) in [6.07, 6.45) is 4.29. The van der Waals surface area contributed by atoms with Crippen LogP contribution in [-0.2, 0) is 6.67 Å². The molecule has 0 radical (unpaired) electrons. The number of nitro groups is 1. The fraction of sp³-hybridized carbons (Fsp3) is 0.375. The van der Waals surface area contributed by atoms with Crippen molar-refractivity contribution in [2.45, 2.75) is 19.5 Å². The van der Waals surface area contributed by atoms with Gasteiger partial charge in [0.1, 0.15) is 12.4 Å². The Kier molecular flexibility index (Phi) is 4.47. The van der Waals surface area contributed by atoms with E-state index in [0.717, 1.165) is 31.5 Å². The largest absolute Gasteiger partial charge is 0.307 e. The number of piperidine rings is 1. The average molecular weight is 314 g/mol. The van der Waals surface area contributed by atoms with E-state index in [4.69, 9.17) is 0 Å². The van der Waals surface area contributed by atoms with Gasteiger partial charge in [-0.3, -0.25) is 24.5 Å². The van der Waals surface area contributed by atoms with Gasteiger partial charge in [0.05, 0.1) is 11.6 Å². The fourth-order valence-corrected chi connectivity index (χ4v) is 2.90. The topological polar surface area (TPSA) is 81.3 Å². The predicted molar refractivity (Wildman–Crippen MR) is 84.0 cm³/mol. The quantitative estimate of drug-likeness (QED) is 0.481. The highest BCUT2D eigenvalue weighted by Crippen LogP contribution is 2.22. The number of hydrogen-bond acceptors (Lipinski definition) is 5. The highest BCUT2D eigenvalue weighted by atomic mass is 16.6. The number of ketones is 1. The molecule has 1 aliphatic rings. The molecular formula is C16H18N4O3. The van der Waals surface area contributed by atoms with Crippen molar-refractivity contribution >= 4 is 11.5 Å². The molecule has 0 saturated carbocycles. The molecule has 1 fully saturated rings. The molecule has 0 unspecified atom stereocenters. The monoisotopic (exact) mass is 314 g/mol. The molecule has 23 heavy (non-hydrogen) atoms. The Balaban J connectivity index is 1.54. The minimum atomic E-state index is -0.450. The first-order chi connectivity index (χ1) is 11.1. The van der Waals surface area contributed by atoms with Crippen molar-refractivity contribution in [3.63, 3.8) is 0 Å². The van der Waals surface area contributed by atoms with Crippen LogP contribution in [0, 0.1) is 16.0 Å². The molecule has 2 aromatic rings. The molecule has 1 aromatic heterocycles. The van der Waals surface area contributed by atoms with E-state index in [9.17, 15) is 14.9 Å². The lowest BCUT2D eigenvalue weighted by atomic mass is 9.89. The van der Waals surface area contributed by atoms with E-state index in [-0.39, 0.29) is 17.4 Å². The number of rotatable bonds is 5. The number of benzene rings is 1. The predicted octanol–water partition coefficient (Wildman–Crippen LogP) is 2.34. The van der Waals surface area contributed by atoms with Crippen LogP contribution in [0.1, 0.15) is 23.2 Å². The van der Waals surface area contributed by atoms with Gasteiger partial charge < -0.3 is 0 Å². The van der Waals surface area contributed by atoms with Gasteiger partial charge in [0.25, 0.3) is 0 Å². The summed E-state index contributed by atoms with van der Waals surface area (Å²) in [5.41, 5.74) is 0.771. The van der Waals surface area contributed by atoms with Crippen LogP contribution < -0.4 is 0 Å². The highest BCUT2D eigenvalue weighted by Gasteiger charge is 2.26. The third kappa shape index (κ3) is 3.62. The SMILES string of the molecule is O=C(c1ccccc1)C1CCN(Cn2cc([N+](=O)[O-])cn2)CC1. The van der Waals surface area contributed by atoms with Crippen molar-refractivity contribution in [1.29, 1.82) is 0 Å². The molecule has 1 aliphatic heterocycles. The van der Waals surface area contributed by atoms with Crippen molar-refractivity contribution in [1.82, 2.24) is 14.7 Å². The second-order valence-electron chi connectivity index (χ2n) is 5.76. The van der Waals surface area contributed by atoms with Crippen LogP contribution in [0.3, 0.4) is 0 Å². The Morgan fingerprint density at radius 3 is 2.57 bits per heavy atom. The van der Waals surface area contributed by atoms with Crippen LogP contribution in [0.2, 0.25) is 0 Å². The van der Waals surface area contributed by atoms with Crippen molar-refractivity contribution in [3.8, 4) is 0 Å². The number of aromatic nitrogens is 2. The lowest BCUT2D eigenvalue weighted by Crippen LogP contribution is -2.37. The van der Waals surface area contributed by atoms with Crippen LogP contribution in [0.5, 0.6) is 0 Å². The zero-order valence-corrected chi connectivity index (χ0v) is 12.7. The summed E-state index contributed by atoms with van der Waals surface area (Å²) in [6.45, 7) is 2.09. The number of likely N-dealkylation sites (tertiary alicyclic amines) is 1. The molecular weight excluding hydrogens is 296 g/mol. The standard InChI is InChI=1S/C16H18N4O3/c21-16(13-4-2-1-3-5-13)14-6-8-18(9-7-14)12-19-11-15(10-17-19)20(22)23/h1-5,10-11,14H,6-9,12H2. The van der Waals surface area contributed by atoms with Crippen molar-refractivity contribution < 1.29 is 9.72 Å². The minimum Gasteiger partial charge on any atom is -0.294 e. The lowest BCUT2D eigenvalue weighted by molar-refractivity contribution is -0.385. The summed E-state index contributed by atoms with van der Waals surface area (Å²) < 4.78 is 1.57. The van der Waals surface area contributed by atoms with Gasteiger partial charge in [-0.25, -0.2) is 0 Å². The zero-order chi connectivity index (χ0) is 16.2. The van der Waals surface area contributed by atoms with Gasteiger partial charge in [-0.15, -0.1) is 0 Å². The molecule has 1 saturated heterocycles. The Morgan fingerprint density at radius 1 is 1.26 bits per heavy atom. The van der Waals surface area contributed by atoms with Crippen LogP contribution in [-0.4, -0.2) is 38.5 Å². The first kappa shape index (κ1) is 15.4. The summed E-state index contributed by atoms with van der Waals surface area (Å²) in [6, 6.07) is 9.39. The number of hydrogen-bond donors (Lipinski definition) is 0. The van der Waals surface area contributed by atoms with Crippen molar-refractivity contribution in [2.24, 2.45) is 5.92 Å². The number of nitrogens with zero attached hydrogens (tertiary/aromatic N) is 4. The molecule has 1 aromatic carbocycles. The molecule has 0 amide bonds. The van der Waals surface area contributed by atoms with E-state index in [1.54, 1.807) is 4.68 Å². The van der Waals surface area contributed by atoms with E-state index in [2.05, 4.69) is 10.00 Å². The first-order valence-electron chi connectivity index (χ1n) is 7.62. The van der Waals surface area contributed by atoms with Gasteiger partial charge in [-0.2, -0.15) is 5.10 Å². The van der Waals surface area contributed by atoms with E-state index < -0.39 is 4.92 Å². The van der Waals surface area contributed by atoms with Crippen LogP contribution in [0.25, 0.3) is 0 Å². The summed E-state index contributed by atoms with van der Waals surface area (Å²) >= 11 is 0. The molecule has 3 rings (SSSR count). The highest BCUT2D eigenvalue weighted by molar-refractivity contribution is 5.97. The van der Waals surface area contributed by atoms with E-state index in [1.807, 2.05) is 30.3 Å². The second kappa shape index (κ2) is 6.70. The Hall–Kier alpha value is -2.54. The Labute approximate surface area is 133 Å². The van der Waals surface area contributed by atoms with E-state index in [1.165, 1.54) is 12.4 Å². The summed E-state index contributed by atoms with van der Waals surface area (Å²) in [5.74, 6) is 0.264. The van der Waals surface area contributed by atoms with Gasteiger partial charge in [-0.05, 0) is 12.8 Å². The number of carbonyl (C=O) groups is 1. The maximum Gasteiger partial charge on any atom is 0.307 e. The summed E-state index contributed by atoms with van der Waals surface area (Å²) in [7, 11) is 0. The molecule has 0 spiro atoms. The van der Waals surface area contributed by atoms with Crippen LogP contribution in [0.15, 0.2) is 42.7 Å². The summed E-state index contributed by atoms with van der Waals surface area (Å²) in [4.78, 5) is 24.8. The summed E-state index contributed by atoms with van der Waals surface area (Å²) in [5, 5.41) is 14.7. The Bertz CT molecular complexity index is 690. The van der Waals surface area contributed by atoms with Crippen molar-refractivity contribution in [2.75, 3.05) is 13.1 Å². The van der Waals surface area contributed by atoms with Gasteiger partial charge in [-0.1, -0.05) is 30.3 Å². The first-order valence-corrected chi connectivity index (χ1v) is 7.62. The fourth-order valence-electron chi connectivity index (χ4n) is 2.90. The maximum atomic E-state index is 12.4. The molecule has 2 heterocycles.